The maximum atomic E-state index is 11.7. The number of carbonyl (C=O) groups excluding carboxylic acids is 1. The Hall–Kier alpha value is -1.58. The number of hydrogen-bond acceptors (Lipinski definition) is 5. The van der Waals surface area contributed by atoms with Crippen LogP contribution in [0, 0.1) is 0 Å². The average Bonchev–Trinajstić information content (AvgIpc) is 2.28. The van der Waals surface area contributed by atoms with Gasteiger partial charge in [-0.1, -0.05) is 11.6 Å². The van der Waals surface area contributed by atoms with E-state index in [1.54, 1.807) is 0 Å². The van der Waals surface area contributed by atoms with Crippen LogP contribution < -0.4 is 21.5 Å². The first kappa shape index (κ1) is 14.5. The van der Waals surface area contributed by atoms with Gasteiger partial charge in [-0.15, -0.1) is 0 Å². The van der Waals surface area contributed by atoms with Gasteiger partial charge in [-0.05, 0) is 6.07 Å². The molecule has 0 atom stereocenters. The van der Waals surface area contributed by atoms with Gasteiger partial charge in [0, 0.05) is 19.3 Å². The smallest absolute Gasteiger partial charge is 0.312 e. The van der Waals surface area contributed by atoms with E-state index in [4.69, 9.17) is 23.1 Å². The predicted molar refractivity (Wildman–Crippen MR) is 66.4 cm³/mol. The van der Waals surface area contributed by atoms with Crippen molar-refractivity contribution in [3.63, 3.8) is 0 Å². The molecular weight excluding hydrogens is 282 g/mol. The highest BCUT2D eigenvalue weighted by Crippen LogP contribution is 2.19. The Kier molecular flexibility index (Phi) is 4.70. The van der Waals surface area contributed by atoms with E-state index >= 15 is 0 Å². The fourth-order valence-electron chi connectivity index (χ4n) is 1.03. The van der Waals surface area contributed by atoms with Gasteiger partial charge in [0.25, 0.3) is 0 Å². The molecule has 10 heteroatoms. The van der Waals surface area contributed by atoms with Crippen molar-refractivity contribution in [1.82, 2.24) is 15.0 Å². The molecule has 8 nitrogen and oxygen atoms in total. The summed E-state index contributed by atoms with van der Waals surface area (Å²) >= 11 is 5.67. The van der Waals surface area contributed by atoms with Crippen molar-refractivity contribution < 1.29 is 13.2 Å². The Bertz CT molecular complexity index is 548. The van der Waals surface area contributed by atoms with E-state index in [0.29, 0.717) is 0 Å². The standard InChI is InChI=1S/C8H12ClN5O3S/c9-6-3-5(4-13-7(6)10)18(16,17)14-2-1-12-8(11)15/h3-4,14H,1-2H2,(H2,10,13)(H3,11,12,15). The molecule has 1 aromatic rings. The SMILES string of the molecule is NC(=O)NCCNS(=O)(=O)c1cnc(N)c(Cl)c1. The number of amides is 2. The number of anilines is 1. The van der Waals surface area contributed by atoms with Crippen LogP contribution in [0.15, 0.2) is 17.2 Å². The van der Waals surface area contributed by atoms with Gasteiger partial charge >= 0.3 is 6.03 Å². The molecule has 0 aliphatic carbocycles. The summed E-state index contributed by atoms with van der Waals surface area (Å²) in [5.41, 5.74) is 10.2. The molecule has 1 rings (SSSR count). The zero-order chi connectivity index (χ0) is 13.8. The van der Waals surface area contributed by atoms with E-state index in [1.807, 2.05) is 0 Å². The number of carbonyl (C=O) groups is 1. The Morgan fingerprint density at radius 2 is 2.11 bits per heavy atom. The molecule has 18 heavy (non-hydrogen) atoms. The van der Waals surface area contributed by atoms with Crippen molar-refractivity contribution in [2.75, 3.05) is 18.8 Å². The summed E-state index contributed by atoms with van der Waals surface area (Å²) in [5, 5.41) is 2.29. The van der Waals surface area contributed by atoms with Gasteiger partial charge in [0.1, 0.15) is 10.7 Å². The van der Waals surface area contributed by atoms with Gasteiger partial charge in [0.2, 0.25) is 10.0 Å². The van der Waals surface area contributed by atoms with Crippen LogP contribution in [-0.4, -0.2) is 32.5 Å². The second-order valence-corrected chi connectivity index (χ2v) is 5.40. The van der Waals surface area contributed by atoms with Crippen molar-refractivity contribution in [2.24, 2.45) is 5.73 Å². The molecule has 0 aromatic carbocycles. The van der Waals surface area contributed by atoms with E-state index < -0.39 is 16.1 Å². The number of nitrogens with zero attached hydrogens (tertiary/aromatic N) is 1. The Morgan fingerprint density at radius 1 is 1.44 bits per heavy atom. The number of sulfonamides is 1. The maximum Gasteiger partial charge on any atom is 0.312 e. The minimum atomic E-state index is -3.74. The zero-order valence-electron chi connectivity index (χ0n) is 9.18. The number of nitrogen functional groups attached to an aromatic ring is 1. The predicted octanol–water partition coefficient (Wildman–Crippen LogP) is -0.736. The fourth-order valence-corrected chi connectivity index (χ4v) is 2.27. The summed E-state index contributed by atoms with van der Waals surface area (Å²) in [5.74, 6) is 0.0472. The Balaban J connectivity index is 2.68. The van der Waals surface area contributed by atoms with E-state index in [1.165, 1.54) is 6.07 Å². The van der Waals surface area contributed by atoms with Crippen molar-refractivity contribution in [1.29, 1.82) is 0 Å². The monoisotopic (exact) mass is 293 g/mol. The highest BCUT2D eigenvalue weighted by atomic mass is 35.5. The lowest BCUT2D eigenvalue weighted by atomic mass is 10.5. The number of hydrogen-bond donors (Lipinski definition) is 4. The molecule has 0 bridgehead atoms. The molecule has 0 saturated heterocycles. The summed E-state index contributed by atoms with van der Waals surface area (Å²) in [6, 6.07) is 0.458. The summed E-state index contributed by atoms with van der Waals surface area (Å²) < 4.78 is 25.7. The van der Waals surface area contributed by atoms with Crippen molar-refractivity contribution in [2.45, 2.75) is 4.90 Å². The Labute approximate surface area is 109 Å². The van der Waals surface area contributed by atoms with Gasteiger partial charge in [-0.2, -0.15) is 0 Å². The van der Waals surface area contributed by atoms with Crippen molar-refractivity contribution in [3.05, 3.63) is 17.3 Å². The second-order valence-electron chi connectivity index (χ2n) is 3.23. The van der Waals surface area contributed by atoms with Gasteiger partial charge < -0.3 is 16.8 Å². The molecule has 0 fully saturated rings. The molecule has 0 radical (unpaired) electrons. The molecule has 2 amide bonds. The first-order valence-electron chi connectivity index (χ1n) is 4.77. The largest absolute Gasteiger partial charge is 0.382 e. The molecule has 0 saturated carbocycles. The van der Waals surface area contributed by atoms with Crippen LogP contribution in [0.4, 0.5) is 10.6 Å². The third-order valence-corrected chi connectivity index (χ3v) is 3.60. The van der Waals surface area contributed by atoms with Gasteiger partial charge in [0.15, 0.2) is 0 Å². The van der Waals surface area contributed by atoms with Crippen molar-refractivity contribution in [3.8, 4) is 0 Å². The number of urea groups is 1. The second kappa shape index (κ2) is 5.85. The van der Waals surface area contributed by atoms with E-state index in [0.717, 1.165) is 6.20 Å². The first-order valence-corrected chi connectivity index (χ1v) is 6.63. The van der Waals surface area contributed by atoms with E-state index in [2.05, 4.69) is 15.0 Å². The maximum absolute atomic E-state index is 11.7. The normalized spacial score (nSPS) is 11.2. The third kappa shape index (κ3) is 4.02. The van der Waals surface area contributed by atoms with Gasteiger partial charge in [-0.3, -0.25) is 0 Å². The molecule has 0 aliphatic rings. The molecule has 100 valence electrons. The lowest BCUT2D eigenvalue weighted by Crippen LogP contribution is -2.37. The highest BCUT2D eigenvalue weighted by molar-refractivity contribution is 7.89. The number of halogens is 1. The minimum absolute atomic E-state index is 0.00668. The Morgan fingerprint density at radius 3 is 2.67 bits per heavy atom. The van der Waals surface area contributed by atoms with Crippen LogP contribution >= 0.6 is 11.6 Å². The number of nitrogens with one attached hydrogen (secondary N) is 2. The molecule has 0 spiro atoms. The van der Waals surface area contributed by atoms with Crippen LogP contribution in [0.5, 0.6) is 0 Å². The van der Waals surface area contributed by atoms with Gasteiger partial charge in [0.05, 0.1) is 5.02 Å². The van der Waals surface area contributed by atoms with E-state index in [9.17, 15) is 13.2 Å². The molecule has 1 heterocycles. The lowest BCUT2D eigenvalue weighted by molar-refractivity contribution is 0.249. The fraction of sp³-hybridized carbons (Fsp3) is 0.250. The summed E-state index contributed by atoms with van der Waals surface area (Å²) in [6.45, 7) is 0.0674. The first-order chi connectivity index (χ1) is 8.33. The number of aromatic nitrogens is 1. The summed E-state index contributed by atoms with van der Waals surface area (Å²) in [4.78, 5) is 13.9. The van der Waals surface area contributed by atoms with Crippen LogP contribution in [0.3, 0.4) is 0 Å². The average molecular weight is 294 g/mol. The van der Waals surface area contributed by atoms with Crippen LogP contribution in [0.2, 0.25) is 5.02 Å². The third-order valence-electron chi connectivity index (χ3n) is 1.87. The minimum Gasteiger partial charge on any atom is -0.382 e. The topological polar surface area (TPSA) is 140 Å². The van der Waals surface area contributed by atoms with Crippen LogP contribution in [-0.2, 0) is 10.0 Å². The zero-order valence-corrected chi connectivity index (χ0v) is 10.8. The molecular formula is C8H12ClN5O3S. The van der Waals surface area contributed by atoms with Gasteiger partial charge in [-0.25, -0.2) is 22.9 Å². The molecule has 6 N–H and O–H groups in total. The quantitative estimate of drug-likeness (QED) is 0.529. The van der Waals surface area contributed by atoms with Crippen molar-refractivity contribution >= 4 is 33.5 Å². The van der Waals surface area contributed by atoms with Crippen LogP contribution in [0.25, 0.3) is 0 Å². The number of pyridine rings is 1. The molecule has 0 aliphatic heterocycles. The number of rotatable bonds is 5. The van der Waals surface area contributed by atoms with E-state index in [-0.39, 0.29) is 28.8 Å². The summed E-state index contributed by atoms with van der Waals surface area (Å²) in [7, 11) is -3.74. The van der Waals surface area contributed by atoms with Crippen LogP contribution in [0.1, 0.15) is 0 Å². The highest BCUT2D eigenvalue weighted by Gasteiger charge is 2.15. The number of primary amides is 1. The molecule has 1 aromatic heterocycles. The number of nitrogens with two attached hydrogens (primary N) is 2. The lowest BCUT2D eigenvalue weighted by Gasteiger charge is -2.07. The summed E-state index contributed by atoms with van der Waals surface area (Å²) in [6.07, 6.45) is 1.09. The molecule has 0 unspecified atom stereocenters.